The van der Waals surface area contributed by atoms with Crippen molar-refractivity contribution in [2.75, 3.05) is 12.4 Å². The van der Waals surface area contributed by atoms with Crippen LogP contribution in [0.1, 0.15) is 32.8 Å². The fourth-order valence-electron chi connectivity index (χ4n) is 3.28. The highest BCUT2D eigenvalue weighted by Gasteiger charge is 2.25. The van der Waals surface area contributed by atoms with Gasteiger partial charge in [-0.05, 0) is 33.6 Å². The SMILES string of the molecule is CCC(C)(C)c1c(NC)c2ccccc2c2ccccc12. The van der Waals surface area contributed by atoms with Crippen LogP contribution in [-0.2, 0) is 5.41 Å². The first-order valence-electron chi connectivity index (χ1n) is 7.72. The molecule has 0 heterocycles. The van der Waals surface area contributed by atoms with E-state index in [0.29, 0.717) is 0 Å². The Balaban J connectivity index is 2.59. The zero-order valence-corrected chi connectivity index (χ0v) is 13.3. The Morgan fingerprint density at radius 3 is 1.81 bits per heavy atom. The van der Waals surface area contributed by atoms with E-state index < -0.39 is 0 Å². The predicted molar refractivity (Wildman–Crippen MR) is 94.3 cm³/mol. The molecule has 1 nitrogen and oxygen atoms in total. The largest absolute Gasteiger partial charge is 0.387 e. The van der Waals surface area contributed by atoms with Gasteiger partial charge in [0.1, 0.15) is 0 Å². The van der Waals surface area contributed by atoms with Gasteiger partial charge in [0.25, 0.3) is 0 Å². The zero-order valence-electron chi connectivity index (χ0n) is 13.3. The van der Waals surface area contributed by atoms with Gasteiger partial charge >= 0.3 is 0 Å². The summed E-state index contributed by atoms with van der Waals surface area (Å²) < 4.78 is 0. The molecular weight excluding hydrogens is 254 g/mol. The van der Waals surface area contributed by atoms with Crippen LogP contribution in [0.2, 0.25) is 0 Å². The van der Waals surface area contributed by atoms with E-state index in [1.54, 1.807) is 0 Å². The number of hydrogen-bond donors (Lipinski definition) is 1. The Morgan fingerprint density at radius 1 is 0.810 bits per heavy atom. The third-order valence-corrected chi connectivity index (χ3v) is 4.74. The molecule has 0 fully saturated rings. The lowest BCUT2D eigenvalue weighted by molar-refractivity contribution is 0.512. The van der Waals surface area contributed by atoms with Gasteiger partial charge in [-0.15, -0.1) is 0 Å². The van der Waals surface area contributed by atoms with E-state index in [0.717, 1.165) is 6.42 Å². The van der Waals surface area contributed by atoms with Crippen LogP contribution in [0, 0.1) is 0 Å². The molecule has 0 saturated carbocycles. The lowest BCUT2D eigenvalue weighted by atomic mass is 9.77. The zero-order chi connectivity index (χ0) is 15.0. The van der Waals surface area contributed by atoms with E-state index in [-0.39, 0.29) is 5.41 Å². The van der Waals surface area contributed by atoms with Gasteiger partial charge < -0.3 is 5.32 Å². The van der Waals surface area contributed by atoms with Gasteiger partial charge in [-0.25, -0.2) is 0 Å². The molecule has 0 radical (unpaired) electrons. The third-order valence-electron chi connectivity index (χ3n) is 4.74. The van der Waals surface area contributed by atoms with Crippen LogP contribution in [-0.4, -0.2) is 7.05 Å². The average molecular weight is 277 g/mol. The van der Waals surface area contributed by atoms with Gasteiger partial charge in [0, 0.05) is 18.1 Å². The summed E-state index contributed by atoms with van der Waals surface area (Å²) in [4.78, 5) is 0. The van der Waals surface area contributed by atoms with Crippen LogP contribution in [0.15, 0.2) is 48.5 Å². The lowest BCUT2D eigenvalue weighted by Crippen LogP contribution is -2.18. The van der Waals surface area contributed by atoms with Crippen molar-refractivity contribution in [1.82, 2.24) is 0 Å². The molecule has 108 valence electrons. The molecular formula is C20H23N. The Labute approximate surface area is 127 Å². The predicted octanol–water partition coefficient (Wildman–Crippen LogP) is 5.72. The standard InChI is InChI=1S/C20H23N/c1-5-20(2,3)18-16-12-8-6-10-14(16)15-11-7-9-13-17(15)19(18)21-4/h6-13,21H,5H2,1-4H3. The summed E-state index contributed by atoms with van der Waals surface area (Å²) in [6.45, 7) is 6.94. The molecule has 0 aliphatic carbocycles. The molecule has 3 rings (SSSR count). The lowest BCUT2D eigenvalue weighted by Gasteiger charge is -2.29. The van der Waals surface area contributed by atoms with Crippen molar-refractivity contribution in [2.45, 2.75) is 32.6 Å². The van der Waals surface area contributed by atoms with Gasteiger partial charge in [-0.2, -0.15) is 0 Å². The van der Waals surface area contributed by atoms with E-state index in [1.165, 1.54) is 32.8 Å². The second-order valence-electron chi connectivity index (χ2n) is 6.33. The summed E-state index contributed by atoms with van der Waals surface area (Å²) in [5.74, 6) is 0. The van der Waals surface area contributed by atoms with Crippen molar-refractivity contribution >= 4 is 27.2 Å². The molecule has 0 amide bonds. The maximum Gasteiger partial charge on any atom is 0.0461 e. The van der Waals surface area contributed by atoms with Crippen molar-refractivity contribution in [3.05, 3.63) is 54.1 Å². The Kier molecular flexibility index (Phi) is 3.36. The summed E-state index contributed by atoms with van der Waals surface area (Å²) in [6, 6.07) is 17.5. The van der Waals surface area contributed by atoms with E-state index in [4.69, 9.17) is 0 Å². The highest BCUT2D eigenvalue weighted by atomic mass is 14.8. The molecule has 21 heavy (non-hydrogen) atoms. The molecule has 3 aromatic carbocycles. The summed E-state index contributed by atoms with van der Waals surface area (Å²) >= 11 is 0. The number of hydrogen-bond acceptors (Lipinski definition) is 1. The van der Waals surface area contributed by atoms with Crippen molar-refractivity contribution in [3.63, 3.8) is 0 Å². The monoisotopic (exact) mass is 277 g/mol. The molecule has 0 spiro atoms. The second-order valence-corrected chi connectivity index (χ2v) is 6.33. The Morgan fingerprint density at radius 2 is 1.29 bits per heavy atom. The number of rotatable bonds is 3. The molecule has 0 bridgehead atoms. The van der Waals surface area contributed by atoms with E-state index in [2.05, 4.69) is 74.6 Å². The quantitative estimate of drug-likeness (QED) is 0.603. The minimum Gasteiger partial charge on any atom is -0.387 e. The van der Waals surface area contributed by atoms with Gasteiger partial charge in [0.2, 0.25) is 0 Å². The summed E-state index contributed by atoms with van der Waals surface area (Å²) in [5, 5.41) is 8.83. The fraction of sp³-hybridized carbons (Fsp3) is 0.300. The first-order valence-corrected chi connectivity index (χ1v) is 7.72. The fourth-order valence-corrected chi connectivity index (χ4v) is 3.28. The van der Waals surface area contributed by atoms with Crippen LogP contribution in [0.4, 0.5) is 5.69 Å². The molecule has 3 aromatic rings. The smallest absolute Gasteiger partial charge is 0.0461 e. The highest BCUT2D eigenvalue weighted by Crippen LogP contribution is 2.43. The molecule has 0 unspecified atom stereocenters. The summed E-state index contributed by atoms with van der Waals surface area (Å²) in [5.41, 5.74) is 2.85. The number of anilines is 1. The van der Waals surface area contributed by atoms with Gasteiger partial charge in [-0.1, -0.05) is 69.3 Å². The van der Waals surface area contributed by atoms with Gasteiger partial charge in [0.15, 0.2) is 0 Å². The van der Waals surface area contributed by atoms with E-state index in [9.17, 15) is 0 Å². The van der Waals surface area contributed by atoms with E-state index >= 15 is 0 Å². The third kappa shape index (κ3) is 2.08. The second kappa shape index (κ2) is 5.07. The van der Waals surface area contributed by atoms with Crippen LogP contribution >= 0.6 is 0 Å². The van der Waals surface area contributed by atoms with Crippen LogP contribution in [0.5, 0.6) is 0 Å². The summed E-state index contributed by atoms with van der Waals surface area (Å²) in [6.07, 6.45) is 1.12. The number of nitrogens with one attached hydrogen (secondary N) is 1. The first-order chi connectivity index (χ1) is 10.1. The maximum absolute atomic E-state index is 3.47. The maximum atomic E-state index is 3.47. The normalized spacial score (nSPS) is 12.0. The molecule has 0 aromatic heterocycles. The summed E-state index contributed by atoms with van der Waals surface area (Å²) in [7, 11) is 2.03. The van der Waals surface area contributed by atoms with E-state index in [1.807, 2.05) is 7.05 Å². The molecule has 0 atom stereocenters. The molecule has 1 N–H and O–H groups in total. The topological polar surface area (TPSA) is 12.0 Å². The first kappa shape index (κ1) is 13.9. The van der Waals surface area contributed by atoms with Crippen LogP contribution < -0.4 is 5.32 Å². The minimum atomic E-state index is 0.141. The highest BCUT2D eigenvalue weighted by molar-refractivity contribution is 6.15. The van der Waals surface area contributed by atoms with Crippen molar-refractivity contribution in [2.24, 2.45) is 0 Å². The van der Waals surface area contributed by atoms with Crippen molar-refractivity contribution in [1.29, 1.82) is 0 Å². The average Bonchev–Trinajstić information content (AvgIpc) is 2.53. The molecule has 1 heteroatoms. The van der Waals surface area contributed by atoms with Crippen molar-refractivity contribution < 1.29 is 0 Å². The molecule has 0 saturated heterocycles. The van der Waals surface area contributed by atoms with Crippen molar-refractivity contribution in [3.8, 4) is 0 Å². The molecule has 0 aliphatic heterocycles. The van der Waals surface area contributed by atoms with Crippen LogP contribution in [0.25, 0.3) is 21.5 Å². The Hall–Kier alpha value is -2.02. The van der Waals surface area contributed by atoms with Crippen LogP contribution in [0.3, 0.4) is 0 Å². The van der Waals surface area contributed by atoms with Gasteiger partial charge in [0.05, 0.1) is 0 Å². The van der Waals surface area contributed by atoms with Gasteiger partial charge in [-0.3, -0.25) is 0 Å². The number of benzene rings is 3. The number of fused-ring (bicyclic) bond motifs is 3. The minimum absolute atomic E-state index is 0.141. The Bertz CT molecular complexity index is 799. The molecule has 0 aliphatic rings.